The molecule has 0 aliphatic carbocycles. The SMILES string of the molecule is CCC1(CC)C(=O)NC(C)(CCCCc2cnn(C)c2)c2ccc(Cl)nc21. The monoisotopic (exact) mass is 388 g/mol. The minimum absolute atomic E-state index is 0.0736. The van der Waals surface area contributed by atoms with E-state index < -0.39 is 11.0 Å². The molecule has 3 rings (SSSR count). The first-order valence-electron chi connectivity index (χ1n) is 9.82. The Hall–Kier alpha value is -1.88. The number of halogens is 1. The molecule has 1 amide bonds. The summed E-state index contributed by atoms with van der Waals surface area (Å²) in [6, 6.07) is 3.88. The lowest BCUT2D eigenvalue weighted by molar-refractivity contribution is -0.130. The number of hydrogen-bond donors (Lipinski definition) is 1. The van der Waals surface area contributed by atoms with Crippen molar-refractivity contribution >= 4 is 17.5 Å². The van der Waals surface area contributed by atoms with Crippen molar-refractivity contribution in [3.8, 4) is 0 Å². The van der Waals surface area contributed by atoms with Gasteiger partial charge in [-0.2, -0.15) is 5.10 Å². The van der Waals surface area contributed by atoms with Crippen LogP contribution in [0.3, 0.4) is 0 Å². The van der Waals surface area contributed by atoms with Crippen LogP contribution in [0.1, 0.15) is 69.7 Å². The Kier molecular flexibility index (Phi) is 5.61. The molecule has 1 unspecified atom stereocenters. The maximum atomic E-state index is 13.1. The summed E-state index contributed by atoms with van der Waals surface area (Å²) >= 11 is 6.20. The zero-order chi connectivity index (χ0) is 19.7. The van der Waals surface area contributed by atoms with E-state index in [4.69, 9.17) is 11.6 Å². The van der Waals surface area contributed by atoms with Crippen molar-refractivity contribution in [2.24, 2.45) is 7.05 Å². The van der Waals surface area contributed by atoms with Crippen LogP contribution >= 0.6 is 11.6 Å². The standard InChI is InChI=1S/C21H29ClN4O/c1-5-21(6-2)18-16(10-11-17(22)24-18)20(3,25-19(21)27)12-8-7-9-15-13-23-26(4)14-15/h10-11,13-14H,5-9,12H2,1-4H3,(H,25,27). The normalized spacial score (nSPS) is 21.0. The summed E-state index contributed by atoms with van der Waals surface area (Å²) in [6.07, 6.45) is 9.35. The predicted molar refractivity (Wildman–Crippen MR) is 108 cm³/mol. The molecule has 1 atom stereocenters. The molecule has 3 heterocycles. The summed E-state index contributed by atoms with van der Waals surface area (Å²) in [6.45, 7) is 6.20. The summed E-state index contributed by atoms with van der Waals surface area (Å²) in [4.78, 5) is 17.7. The van der Waals surface area contributed by atoms with E-state index in [0.29, 0.717) is 18.0 Å². The van der Waals surface area contributed by atoms with Gasteiger partial charge in [-0.3, -0.25) is 9.48 Å². The number of aryl methyl sites for hydroxylation is 2. The lowest BCUT2D eigenvalue weighted by atomic mass is 9.68. The predicted octanol–water partition coefficient (Wildman–Crippen LogP) is 4.28. The minimum atomic E-state index is -0.588. The van der Waals surface area contributed by atoms with E-state index in [1.165, 1.54) is 5.56 Å². The van der Waals surface area contributed by atoms with E-state index >= 15 is 0 Å². The lowest BCUT2D eigenvalue weighted by Gasteiger charge is -2.45. The van der Waals surface area contributed by atoms with Crippen LogP contribution in [0.5, 0.6) is 0 Å². The third-order valence-corrected chi connectivity index (χ3v) is 6.30. The van der Waals surface area contributed by atoms with Crippen LogP contribution in [-0.2, 0) is 29.2 Å². The molecular weight excluding hydrogens is 360 g/mol. The number of pyridine rings is 1. The van der Waals surface area contributed by atoms with Gasteiger partial charge >= 0.3 is 0 Å². The molecular formula is C21H29ClN4O. The van der Waals surface area contributed by atoms with Gasteiger partial charge in [-0.05, 0) is 56.2 Å². The van der Waals surface area contributed by atoms with E-state index in [1.54, 1.807) is 0 Å². The molecule has 1 aliphatic heterocycles. The van der Waals surface area contributed by atoms with Gasteiger partial charge < -0.3 is 5.32 Å². The second-order valence-electron chi connectivity index (χ2n) is 7.83. The van der Waals surface area contributed by atoms with Gasteiger partial charge in [-0.15, -0.1) is 0 Å². The summed E-state index contributed by atoms with van der Waals surface area (Å²) in [5.41, 5.74) is 2.22. The number of hydrogen-bond acceptors (Lipinski definition) is 3. The average molecular weight is 389 g/mol. The van der Waals surface area contributed by atoms with Crippen LogP contribution in [0.2, 0.25) is 5.15 Å². The van der Waals surface area contributed by atoms with Crippen molar-refractivity contribution in [1.29, 1.82) is 0 Å². The number of nitrogens with zero attached hydrogens (tertiary/aromatic N) is 3. The van der Waals surface area contributed by atoms with E-state index in [2.05, 4.69) is 28.5 Å². The lowest BCUT2D eigenvalue weighted by Crippen LogP contribution is -2.58. The minimum Gasteiger partial charge on any atom is -0.346 e. The quantitative estimate of drug-likeness (QED) is 0.568. The number of carbonyl (C=O) groups is 1. The number of amides is 1. The largest absolute Gasteiger partial charge is 0.346 e. The average Bonchev–Trinajstić information content (AvgIpc) is 3.05. The molecule has 2 aromatic heterocycles. The summed E-state index contributed by atoms with van der Waals surface area (Å²) in [5.74, 6) is 0.0736. The topological polar surface area (TPSA) is 59.8 Å². The Bertz CT molecular complexity index is 827. The second kappa shape index (κ2) is 7.63. The fourth-order valence-electron chi connectivity index (χ4n) is 4.30. The van der Waals surface area contributed by atoms with E-state index in [9.17, 15) is 4.79 Å². The first-order valence-corrected chi connectivity index (χ1v) is 10.2. The zero-order valence-corrected chi connectivity index (χ0v) is 17.4. The summed E-state index contributed by atoms with van der Waals surface area (Å²) in [7, 11) is 1.94. The molecule has 0 radical (unpaired) electrons. The number of unbranched alkanes of at least 4 members (excludes halogenated alkanes) is 1. The van der Waals surface area contributed by atoms with Gasteiger partial charge in [-0.25, -0.2) is 4.98 Å². The van der Waals surface area contributed by atoms with Gasteiger partial charge in [-0.1, -0.05) is 37.9 Å². The Morgan fingerprint density at radius 2 is 1.96 bits per heavy atom. The maximum absolute atomic E-state index is 13.1. The molecule has 1 N–H and O–H groups in total. The molecule has 0 aromatic carbocycles. The highest BCUT2D eigenvalue weighted by molar-refractivity contribution is 6.29. The van der Waals surface area contributed by atoms with Gasteiger partial charge in [0.05, 0.1) is 22.8 Å². The number of rotatable bonds is 7. The Labute approximate surface area is 166 Å². The van der Waals surface area contributed by atoms with Gasteiger partial charge in [0.1, 0.15) is 5.15 Å². The van der Waals surface area contributed by atoms with Gasteiger partial charge in [0.2, 0.25) is 5.91 Å². The number of nitrogens with one attached hydrogen (secondary N) is 1. The maximum Gasteiger partial charge on any atom is 0.232 e. The first kappa shape index (κ1) is 19.9. The van der Waals surface area contributed by atoms with Crippen molar-refractivity contribution < 1.29 is 4.79 Å². The third kappa shape index (κ3) is 3.62. The van der Waals surface area contributed by atoms with Crippen molar-refractivity contribution in [1.82, 2.24) is 20.1 Å². The third-order valence-electron chi connectivity index (χ3n) is 6.09. The molecule has 0 saturated carbocycles. The van der Waals surface area contributed by atoms with Crippen molar-refractivity contribution in [3.63, 3.8) is 0 Å². The molecule has 146 valence electrons. The molecule has 2 aromatic rings. The molecule has 0 saturated heterocycles. The Morgan fingerprint density at radius 3 is 2.59 bits per heavy atom. The van der Waals surface area contributed by atoms with Crippen LogP contribution in [0.15, 0.2) is 24.5 Å². The van der Waals surface area contributed by atoms with Crippen LogP contribution < -0.4 is 5.32 Å². The van der Waals surface area contributed by atoms with Crippen LogP contribution in [0.25, 0.3) is 0 Å². The zero-order valence-electron chi connectivity index (χ0n) is 16.7. The second-order valence-corrected chi connectivity index (χ2v) is 8.22. The van der Waals surface area contributed by atoms with Crippen molar-refractivity contribution in [3.05, 3.63) is 46.5 Å². The van der Waals surface area contributed by atoms with Gasteiger partial charge in [0.25, 0.3) is 0 Å². The van der Waals surface area contributed by atoms with Crippen LogP contribution in [0, 0.1) is 0 Å². The van der Waals surface area contributed by atoms with Crippen LogP contribution in [-0.4, -0.2) is 20.7 Å². The molecule has 5 nitrogen and oxygen atoms in total. The van der Waals surface area contributed by atoms with E-state index in [1.807, 2.05) is 43.9 Å². The Balaban J connectivity index is 1.81. The summed E-state index contributed by atoms with van der Waals surface area (Å²) < 4.78 is 1.83. The molecule has 27 heavy (non-hydrogen) atoms. The van der Waals surface area contributed by atoms with Crippen molar-refractivity contribution in [2.75, 3.05) is 0 Å². The molecule has 0 bridgehead atoms. The van der Waals surface area contributed by atoms with Crippen LogP contribution in [0.4, 0.5) is 0 Å². The summed E-state index contributed by atoms with van der Waals surface area (Å²) in [5, 5.41) is 8.00. The molecule has 1 aliphatic rings. The van der Waals surface area contributed by atoms with E-state index in [0.717, 1.165) is 36.9 Å². The van der Waals surface area contributed by atoms with Gasteiger partial charge in [0.15, 0.2) is 0 Å². The van der Waals surface area contributed by atoms with E-state index in [-0.39, 0.29) is 5.91 Å². The number of aromatic nitrogens is 3. The molecule has 6 heteroatoms. The Morgan fingerprint density at radius 1 is 1.22 bits per heavy atom. The number of carbonyl (C=O) groups excluding carboxylic acids is 1. The smallest absolute Gasteiger partial charge is 0.232 e. The highest BCUT2D eigenvalue weighted by Gasteiger charge is 2.49. The fraction of sp³-hybridized carbons (Fsp3) is 0.571. The number of fused-ring (bicyclic) bond motifs is 1. The first-order chi connectivity index (χ1) is 12.8. The highest BCUT2D eigenvalue weighted by atomic mass is 35.5. The molecule has 0 fully saturated rings. The van der Waals surface area contributed by atoms with Gasteiger partial charge in [0, 0.05) is 13.2 Å². The highest BCUT2D eigenvalue weighted by Crippen LogP contribution is 2.44. The fourth-order valence-corrected chi connectivity index (χ4v) is 4.45. The van der Waals surface area contributed by atoms with Crippen molar-refractivity contribution in [2.45, 2.75) is 70.3 Å². The molecule has 0 spiro atoms.